The van der Waals surface area contributed by atoms with Gasteiger partial charge in [-0.3, -0.25) is 19.7 Å². The number of aliphatic carboxylic acids is 3. The second kappa shape index (κ2) is 23.2. The number of pyridine rings is 2. The minimum absolute atomic E-state index is 0.0291. The van der Waals surface area contributed by atoms with E-state index in [0.29, 0.717) is 19.5 Å². The van der Waals surface area contributed by atoms with Gasteiger partial charge in [0.15, 0.2) is 11.6 Å². The molecule has 0 saturated heterocycles. The number of unbranched alkanes of at least 4 members (excludes halogenated alkanes) is 4. The molecule has 0 aliphatic heterocycles. The molecular formula is C35H40N6O11. The van der Waals surface area contributed by atoms with Crippen LogP contribution in [0.1, 0.15) is 69.2 Å². The van der Waals surface area contributed by atoms with Crippen molar-refractivity contribution in [3.05, 3.63) is 77.0 Å². The Morgan fingerprint density at radius 1 is 0.712 bits per heavy atom. The number of carboxylic acid groups (broad SMARTS) is 3. The molecule has 2 heterocycles. The number of allylic oxidation sites excluding steroid dienone is 1. The lowest BCUT2D eigenvalue weighted by molar-refractivity contribution is -0.139. The fraction of sp³-hybridized carbons (Fsp3) is 0.400. The Kier molecular flexibility index (Phi) is 18.7. The highest BCUT2D eigenvalue weighted by molar-refractivity contribution is 6.06. The van der Waals surface area contributed by atoms with E-state index in [1.807, 2.05) is 41.7 Å². The van der Waals surface area contributed by atoms with Crippen molar-refractivity contribution in [3.63, 3.8) is 0 Å². The van der Waals surface area contributed by atoms with E-state index < -0.39 is 53.1 Å². The molecule has 0 saturated carbocycles. The molecular weight excluding hydrogens is 680 g/mol. The lowest BCUT2D eigenvalue weighted by atomic mass is 10.0. The van der Waals surface area contributed by atoms with Crippen molar-refractivity contribution in [2.45, 2.75) is 83.0 Å². The van der Waals surface area contributed by atoms with Gasteiger partial charge < -0.3 is 31.3 Å². The summed E-state index contributed by atoms with van der Waals surface area (Å²) in [4.78, 5) is 104. The average molecular weight is 721 g/mol. The van der Waals surface area contributed by atoms with E-state index in [2.05, 4.69) is 20.2 Å². The van der Waals surface area contributed by atoms with Crippen molar-refractivity contribution in [3.8, 4) is 0 Å². The first-order valence-electron chi connectivity index (χ1n) is 16.3. The van der Waals surface area contributed by atoms with Gasteiger partial charge in [0.25, 0.3) is 0 Å². The lowest BCUT2D eigenvalue weighted by Gasteiger charge is -2.21. The summed E-state index contributed by atoms with van der Waals surface area (Å²) in [7, 11) is 0. The summed E-state index contributed by atoms with van der Waals surface area (Å²) in [6.45, 7) is 2.23. The van der Waals surface area contributed by atoms with Crippen molar-refractivity contribution in [2.24, 2.45) is 0 Å². The summed E-state index contributed by atoms with van der Waals surface area (Å²) in [5.74, 6) is -2.42. The minimum atomic E-state index is -2.37. The number of carboxylic acids is 3. The summed E-state index contributed by atoms with van der Waals surface area (Å²) >= 11 is 0. The van der Waals surface area contributed by atoms with Crippen LogP contribution in [-0.4, -0.2) is 96.5 Å². The van der Waals surface area contributed by atoms with Crippen molar-refractivity contribution in [1.29, 1.82) is 0 Å². The first-order chi connectivity index (χ1) is 25.0. The number of carbonyl (C=O) groups excluding carboxylic acids is 5. The summed E-state index contributed by atoms with van der Waals surface area (Å²) in [6.07, 6.45) is 7.44. The Balaban J connectivity index is 1.74. The van der Waals surface area contributed by atoms with E-state index in [1.165, 1.54) is 0 Å². The van der Waals surface area contributed by atoms with E-state index in [-0.39, 0.29) is 31.4 Å². The zero-order valence-corrected chi connectivity index (χ0v) is 28.2. The Hall–Kier alpha value is -6.24. The van der Waals surface area contributed by atoms with Gasteiger partial charge in [-0.1, -0.05) is 31.4 Å². The number of aromatic nitrogens is 2. The maximum Gasteiger partial charge on any atom is 0.348 e. The van der Waals surface area contributed by atoms with Crippen molar-refractivity contribution >= 4 is 47.7 Å². The number of amides is 3. The van der Waals surface area contributed by atoms with Crippen molar-refractivity contribution < 1.29 is 53.7 Å². The highest BCUT2D eigenvalue weighted by atomic mass is 16.4. The van der Waals surface area contributed by atoms with Gasteiger partial charge in [0, 0.05) is 31.9 Å². The molecule has 17 nitrogen and oxygen atoms in total. The van der Waals surface area contributed by atoms with Gasteiger partial charge in [0.05, 0.1) is 17.0 Å². The number of nitrogens with one attached hydrogen (secondary N) is 3. The van der Waals surface area contributed by atoms with E-state index in [4.69, 9.17) is 5.11 Å². The number of urea groups is 1. The third kappa shape index (κ3) is 15.5. The summed E-state index contributed by atoms with van der Waals surface area (Å²) in [5, 5.41) is 33.9. The van der Waals surface area contributed by atoms with Crippen LogP contribution in [0.5, 0.6) is 0 Å². The second-order valence-corrected chi connectivity index (χ2v) is 11.5. The van der Waals surface area contributed by atoms with Crippen molar-refractivity contribution in [2.75, 3.05) is 6.54 Å². The molecule has 17 heteroatoms. The molecule has 52 heavy (non-hydrogen) atoms. The molecule has 0 spiro atoms. The molecule has 276 valence electrons. The smallest absolute Gasteiger partial charge is 0.348 e. The van der Waals surface area contributed by atoms with Crippen LogP contribution < -0.4 is 16.0 Å². The van der Waals surface area contributed by atoms with Crippen molar-refractivity contribution in [1.82, 2.24) is 30.8 Å². The predicted molar refractivity (Wildman–Crippen MR) is 182 cm³/mol. The standard InChI is InChI=1S/C35H40N6O11/c42-21-26(13-10-14-29(33(48)49)39-35(52)40-31(34(50)51)27(22-43)28(23-44)32(46)47)38-30(45)15-4-2-1-3-9-18-41(19-24-11-5-7-16-36-24)20-25-12-6-8-17-37-25/h5-8,11-12,16-17,29,31H,1-4,9-10,13-15,18-20H2,(H,38,45)(H,46,47)(H,48,49)(H,50,51)(H2,39,40,52). The fourth-order valence-electron chi connectivity index (χ4n) is 4.97. The first-order valence-corrected chi connectivity index (χ1v) is 16.3. The fourth-order valence-corrected chi connectivity index (χ4v) is 4.97. The van der Waals surface area contributed by atoms with Gasteiger partial charge in [-0.15, -0.1) is 0 Å². The van der Waals surface area contributed by atoms with E-state index in [1.54, 1.807) is 23.7 Å². The Morgan fingerprint density at radius 2 is 1.33 bits per heavy atom. The molecule has 0 radical (unpaired) electrons. The van der Waals surface area contributed by atoms with Gasteiger partial charge in [-0.2, -0.15) is 0 Å². The van der Waals surface area contributed by atoms with E-state index in [9.17, 15) is 48.6 Å². The topological polar surface area (TPSA) is 262 Å². The molecule has 0 bridgehead atoms. The van der Waals surface area contributed by atoms with Crippen LogP contribution in [0.3, 0.4) is 0 Å². The van der Waals surface area contributed by atoms with Gasteiger partial charge in [0.2, 0.25) is 5.91 Å². The Bertz CT molecular complexity index is 1640. The maximum atomic E-state index is 12.4. The van der Waals surface area contributed by atoms with Crippen LogP contribution in [0, 0.1) is 0 Å². The molecule has 6 N–H and O–H groups in total. The zero-order valence-electron chi connectivity index (χ0n) is 28.2. The first kappa shape index (κ1) is 41.9. The Labute approximate surface area is 298 Å². The molecule has 2 unspecified atom stereocenters. The van der Waals surface area contributed by atoms with Crippen LogP contribution in [0.4, 0.5) is 4.79 Å². The molecule has 2 rings (SSSR count). The molecule has 0 aromatic carbocycles. The van der Waals surface area contributed by atoms with Gasteiger partial charge in [-0.25, -0.2) is 33.6 Å². The summed E-state index contributed by atoms with van der Waals surface area (Å²) in [5.41, 5.74) is -0.811. The average Bonchev–Trinajstić information content (AvgIpc) is 3.12. The van der Waals surface area contributed by atoms with Crippen LogP contribution >= 0.6 is 0 Å². The van der Waals surface area contributed by atoms with Gasteiger partial charge in [0.1, 0.15) is 29.6 Å². The SMILES string of the molecule is O=C=C(CCCC(NC(=O)NC(C(=O)O)C(=C=O)C(=C=O)C(=O)O)C(=O)O)NC(=O)CCCCCCCN(Cc1ccccn1)Cc1ccccn1. The maximum absolute atomic E-state index is 12.4. The van der Waals surface area contributed by atoms with Crippen LogP contribution in [0.25, 0.3) is 0 Å². The third-order valence-electron chi connectivity index (χ3n) is 7.54. The quantitative estimate of drug-likeness (QED) is 0.0390. The van der Waals surface area contributed by atoms with Crippen LogP contribution in [0.15, 0.2) is 65.6 Å². The predicted octanol–water partition coefficient (Wildman–Crippen LogP) is 1.63. The van der Waals surface area contributed by atoms with Gasteiger partial charge in [-0.05, 0) is 62.9 Å². The molecule has 3 amide bonds. The second-order valence-electron chi connectivity index (χ2n) is 11.5. The third-order valence-corrected chi connectivity index (χ3v) is 7.54. The number of rotatable bonds is 24. The van der Waals surface area contributed by atoms with Gasteiger partial charge >= 0.3 is 23.9 Å². The number of carbonyl (C=O) groups is 5. The summed E-state index contributed by atoms with van der Waals surface area (Å²) < 4.78 is 0. The lowest BCUT2D eigenvalue weighted by Crippen LogP contribution is -2.52. The normalized spacial score (nSPS) is 11.5. The monoisotopic (exact) mass is 720 g/mol. The molecule has 2 aromatic heterocycles. The van der Waals surface area contributed by atoms with E-state index in [0.717, 1.165) is 55.5 Å². The number of hydrogen-bond acceptors (Lipinski definition) is 11. The molecule has 0 fully saturated rings. The van der Waals surface area contributed by atoms with Crippen LogP contribution in [-0.2, 0) is 46.7 Å². The number of nitrogens with zero attached hydrogens (tertiary/aromatic N) is 3. The highest BCUT2D eigenvalue weighted by Crippen LogP contribution is 2.13. The largest absolute Gasteiger partial charge is 0.480 e. The van der Waals surface area contributed by atoms with E-state index >= 15 is 0 Å². The van der Waals surface area contributed by atoms with Crippen LogP contribution in [0.2, 0.25) is 0 Å². The highest BCUT2D eigenvalue weighted by Gasteiger charge is 2.33. The molecule has 0 aliphatic carbocycles. The zero-order chi connectivity index (χ0) is 38.3. The molecule has 0 aliphatic rings. The minimum Gasteiger partial charge on any atom is -0.480 e. The molecule has 2 aromatic rings. The molecule has 2 atom stereocenters. The Morgan fingerprint density at radius 3 is 1.83 bits per heavy atom. The summed E-state index contributed by atoms with van der Waals surface area (Å²) in [6, 6.07) is 6.21. The number of hydrogen-bond donors (Lipinski definition) is 6.